The standard InChI is InChI=1S/C15H23NO2/c1-5-8-15(4,14(17)18)16-10-13-7-6-11(2)12(3)9-13/h6-7,9,16H,5,8,10H2,1-4H3,(H,17,18). The molecule has 0 aliphatic rings. The van der Waals surface area contributed by atoms with Crippen LogP contribution in [0.4, 0.5) is 0 Å². The van der Waals surface area contributed by atoms with Gasteiger partial charge in [0.2, 0.25) is 0 Å². The van der Waals surface area contributed by atoms with Gasteiger partial charge in [-0.2, -0.15) is 0 Å². The van der Waals surface area contributed by atoms with Gasteiger partial charge in [0.05, 0.1) is 0 Å². The van der Waals surface area contributed by atoms with Gasteiger partial charge in [-0.25, -0.2) is 0 Å². The molecule has 0 spiro atoms. The third-order valence-electron chi connectivity index (χ3n) is 3.48. The zero-order valence-corrected chi connectivity index (χ0v) is 11.7. The summed E-state index contributed by atoms with van der Waals surface area (Å²) in [5, 5.41) is 12.4. The van der Waals surface area contributed by atoms with Crippen molar-refractivity contribution in [2.45, 2.75) is 52.6 Å². The van der Waals surface area contributed by atoms with Crippen LogP contribution in [0.15, 0.2) is 18.2 Å². The lowest BCUT2D eigenvalue weighted by Gasteiger charge is -2.26. The second-order valence-corrected chi connectivity index (χ2v) is 5.16. The number of hydrogen-bond acceptors (Lipinski definition) is 2. The zero-order valence-electron chi connectivity index (χ0n) is 11.7. The highest BCUT2D eigenvalue weighted by Crippen LogP contribution is 2.15. The summed E-state index contributed by atoms with van der Waals surface area (Å²) >= 11 is 0. The number of rotatable bonds is 6. The second-order valence-electron chi connectivity index (χ2n) is 5.16. The summed E-state index contributed by atoms with van der Waals surface area (Å²) in [6.07, 6.45) is 1.48. The monoisotopic (exact) mass is 249 g/mol. The van der Waals surface area contributed by atoms with Crippen molar-refractivity contribution in [3.63, 3.8) is 0 Å². The highest BCUT2D eigenvalue weighted by molar-refractivity contribution is 5.78. The van der Waals surface area contributed by atoms with Crippen LogP contribution in [-0.2, 0) is 11.3 Å². The molecule has 1 unspecified atom stereocenters. The molecule has 0 aliphatic heterocycles. The first-order valence-corrected chi connectivity index (χ1v) is 6.43. The maximum atomic E-state index is 11.3. The molecule has 2 N–H and O–H groups in total. The van der Waals surface area contributed by atoms with Gasteiger partial charge in [-0.15, -0.1) is 0 Å². The number of carboxylic acids is 1. The molecule has 0 fully saturated rings. The van der Waals surface area contributed by atoms with Gasteiger partial charge >= 0.3 is 5.97 Å². The van der Waals surface area contributed by atoms with Gasteiger partial charge < -0.3 is 5.11 Å². The van der Waals surface area contributed by atoms with Crippen LogP contribution < -0.4 is 5.32 Å². The molecule has 1 aromatic rings. The van der Waals surface area contributed by atoms with Crippen LogP contribution in [0.5, 0.6) is 0 Å². The lowest BCUT2D eigenvalue weighted by Crippen LogP contribution is -2.48. The molecule has 100 valence electrons. The smallest absolute Gasteiger partial charge is 0.323 e. The van der Waals surface area contributed by atoms with E-state index in [-0.39, 0.29) is 0 Å². The molecule has 1 aromatic carbocycles. The number of hydrogen-bond donors (Lipinski definition) is 2. The summed E-state index contributed by atoms with van der Waals surface area (Å²) in [5.74, 6) is -0.784. The summed E-state index contributed by atoms with van der Waals surface area (Å²) in [5.41, 5.74) is 2.78. The van der Waals surface area contributed by atoms with E-state index in [2.05, 4.69) is 31.3 Å². The molecule has 0 heterocycles. The Hall–Kier alpha value is -1.35. The fraction of sp³-hybridized carbons (Fsp3) is 0.533. The molecule has 1 rings (SSSR count). The summed E-state index contributed by atoms with van der Waals surface area (Å²) < 4.78 is 0. The number of aliphatic carboxylic acids is 1. The van der Waals surface area contributed by atoms with Crippen LogP contribution in [0.1, 0.15) is 43.4 Å². The van der Waals surface area contributed by atoms with E-state index in [1.807, 2.05) is 13.0 Å². The third-order valence-corrected chi connectivity index (χ3v) is 3.48. The Morgan fingerprint density at radius 3 is 2.50 bits per heavy atom. The van der Waals surface area contributed by atoms with Crippen molar-refractivity contribution >= 4 is 5.97 Å². The van der Waals surface area contributed by atoms with E-state index in [4.69, 9.17) is 0 Å². The van der Waals surface area contributed by atoms with Crippen LogP contribution in [0.3, 0.4) is 0 Å². The summed E-state index contributed by atoms with van der Waals surface area (Å²) in [7, 11) is 0. The SMILES string of the molecule is CCCC(C)(NCc1ccc(C)c(C)c1)C(=O)O. The van der Waals surface area contributed by atoms with Crippen molar-refractivity contribution in [1.29, 1.82) is 0 Å². The summed E-state index contributed by atoms with van der Waals surface area (Å²) in [4.78, 5) is 11.3. The Kier molecular flexibility index (Phi) is 4.91. The van der Waals surface area contributed by atoms with Gasteiger partial charge in [-0.3, -0.25) is 10.1 Å². The maximum absolute atomic E-state index is 11.3. The van der Waals surface area contributed by atoms with E-state index < -0.39 is 11.5 Å². The van der Waals surface area contributed by atoms with Crippen molar-refractivity contribution in [3.05, 3.63) is 34.9 Å². The Labute approximate surface area is 109 Å². The highest BCUT2D eigenvalue weighted by atomic mass is 16.4. The van der Waals surface area contributed by atoms with Gasteiger partial charge in [0.15, 0.2) is 0 Å². The van der Waals surface area contributed by atoms with E-state index in [9.17, 15) is 9.90 Å². The topological polar surface area (TPSA) is 49.3 Å². The Morgan fingerprint density at radius 2 is 2.00 bits per heavy atom. The molecule has 1 atom stereocenters. The molecule has 3 nitrogen and oxygen atoms in total. The van der Waals surface area contributed by atoms with Crippen molar-refractivity contribution in [1.82, 2.24) is 5.32 Å². The molecule has 0 aliphatic carbocycles. The third kappa shape index (κ3) is 3.57. The minimum absolute atomic E-state index is 0.587. The molecule has 0 aromatic heterocycles. The van der Waals surface area contributed by atoms with Crippen molar-refractivity contribution < 1.29 is 9.90 Å². The van der Waals surface area contributed by atoms with Crippen LogP contribution in [0.25, 0.3) is 0 Å². The molecular formula is C15H23NO2. The second kappa shape index (κ2) is 6.01. The summed E-state index contributed by atoms with van der Waals surface area (Å²) in [6, 6.07) is 6.23. The minimum Gasteiger partial charge on any atom is -0.480 e. The number of nitrogens with one attached hydrogen (secondary N) is 1. The molecule has 0 radical (unpaired) electrons. The molecule has 0 amide bonds. The molecule has 0 saturated heterocycles. The van der Waals surface area contributed by atoms with Gasteiger partial charge in [0.25, 0.3) is 0 Å². The number of benzene rings is 1. The average molecular weight is 249 g/mol. The molecular weight excluding hydrogens is 226 g/mol. The average Bonchev–Trinajstić information content (AvgIpc) is 2.31. The van der Waals surface area contributed by atoms with E-state index >= 15 is 0 Å². The first kappa shape index (κ1) is 14.7. The van der Waals surface area contributed by atoms with Crippen LogP contribution in [0.2, 0.25) is 0 Å². The zero-order chi connectivity index (χ0) is 13.8. The van der Waals surface area contributed by atoms with Crippen LogP contribution >= 0.6 is 0 Å². The number of carbonyl (C=O) groups is 1. The predicted molar refractivity (Wildman–Crippen MR) is 73.7 cm³/mol. The van der Waals surface area contributed by atoms with Gasteiger partial charge in [-0.1, -0.05) is 31.5 Å². The lowest BCUT2D eigenvalue weighted by atomic mass is 9.95. The molecule has 0 saturated carbocycles. The van der Waals surface area contributed by atoms with Crippen molar-refractivity contribution in [3.8, 4) is 0 Å². The predicted octanol–water partition coefficient (Wildman–Crippen LogP) is 3.04. The Bertz CT molecular complexity index is 429. The highest BCUT2D eigenvalue weighted by Gasteiger charge is 2.31. The number of aryl methyl sites for hydroxylation is 2. The van der Waals surface area contributed by atoms with E-state index in [1.54, 1.807) is 6.92 Å². The maximum Gasteiger partial charge on any atom is 0.323 e. The van der Waals surface area contributed by atoms with Gasteiger partial charge in [-0.05, 0) is 43.9 Å². The van der Waals surface area contributed by atoms with Crippen LogP contribution in [-0.4, -0.2) is 16.6 Å². The minimum atomic E-state index is -0.840. The lowest BCUT2D eigenvalue weighted by molar-refractivity contribution is -0.144. The quantitative estimate of drug-likeness (QED) is 0.814. The molecule has 0 bridgehead atoms. The number of carboxylic acid groups (broad SMARTS) is 1. The van der Waals surface area contributed by atoms with Gasteiger partial charge in [0.1, 0.15) is 5.54 Å². The normalized spacial score (nSPS) is 14.2. The summed E-state index contributed by atoms with van der Waals surface area (Å²) in [6.45, 7) is 8.48. The fourth-order valence-electron chi connectivity index (χ4n) is 1.98. The Balaban J connectivity index is 2.73. The van der Waals surface area contributed by atoms with Crippen LogP contribution in [0, 0.1) is 13.8 Å². The van der Waals surface area contributed by atoms with E-state index in [1.165, 1.54) is 11.1 Å². The van der Waals surface area contributed by atoms with E-state index in [0.29, 0.717) is 13.0 Å². The first-order chi connectivity index (χ1) is 8.39. The fourth-order valence-corrected chi connectivity index (χ4v) is 1.98. The van der Waals surface area contributed by atoms with Crippen molar-refractivity contribution in [2.75, 3.05) is 0 Å². The largest absolute Gasteiger partial charge is 0.480 e. The Morgan fingerprint density at radius 1 is 1.33 bits per heavy atom. The van der Waals surface area contributed by atoms with Crippen molar-refractivity contribution in [2.24, 2.45) is 0 Å². The molecule has 3 heteroatoms. The molecule has 18 heavy (non-hydrogen) atoms. The van der Waals surface area contributed by atoms with Gasteiger partial charge in [0, 0.05) is 6.54 Å². The van der Waals surface area contributed by atoms with E-state index in [0.717, 1.165) is 12.0 Å². The first-order valence-electron chi connectivity index (χ1n) is 6.43.